The SMILES string of the molecule is CSc1ncc(C(=O)N2C[C@H]3CC[C@@H]2CN(C(=O)C2CCC2)C3)cn1. The van der Waals surface area contributed by atoms with Crippen LogP contribution in [0.25, 0.3) is 0 Å². The fourth-order valence-electron chi connectivity index (χ4n) is 4.12. The number of thioether (sulfide) groups is 1. The largest absolute Gasteiger partial charge is 0.340 e. The summed E-state index contributed by atoms with van der Waals surface area (Å²) < 4.78 is 0. The first-order valence-corrected chi connectivity index (χ1v) is 10.3. The lowest BCUT2D eigenvalue weighted by molar-refractivity contribution is -0.138. The van der Waals surface area contributed by atoms with E-state index in [2.05, 4.69) is 9.97 Å². The first-order valence-electron chi connectivity index (χ1n) is 9.11. The standard InChI is InChI=1S/C18H24N4O2S/c1-25-18-19-7-14(8-20-18)17(24)22-10-12-5-6-15(22)11-21(9-12)16(23)13-3-2-4-13/h7-8,12-13,15H,2-6,9-11H2,1H3/t12-,15+/m0/s1. The maximum atomic E-state index is 13.0. The molecule has 0 N–H and O–H groups in total. The Kier molecular flexibility index (Phi) is 4.67. The molecule has 1 aromatic rings. The van der Waals surface area contributed by atoms with Gasteiger partial charge in [0.15, 0.2) is 5.16 Å². The van der Waals surface area contributed by atoms with Gasteiger partial charge in [0, 0.05) is 44.0 Å². The number of nitrogens with zero attached hydrogens (tertiary/aromatic N) is 4. The van der Waals surface area contributed by atoms with Crippen LogP contribution in [-0.4, -0.2) is 63.5 Å². The highest BCUT2D eigenvalue weighted by Crippen LogP contribution is 2.33. The number of carbonyl (C=O) groups excluding carboxylic acids is 2. The lowest BCUT2D eigenvalue weighted by atomic mass is 9.84. The summed E-state index contributed by atoms with van der Waals surface area (Å²) in [6, 6.07) is 0.121. The molecule has 3 saturated heterocycles. The van der Waals surface area contributed by atoms with Crippen molar-refractivity contribution in [1.29, 1.82) is 0 Å². The van der Waals surface area contributed by atoms with E-state index in [0.29, 0.717) is 29.1 Å². The third kappa shape index (κ3) is 3.26. The molecule has 25 heavy (non-hydrogen) atoms. The molecular formula is C18H24N4O2S. The summed E-state index contributed by atoms with van der Waals surface area (Å²) >= 11 is 1.46. The maximum Gasteiger partial charge on any atom is 0.257 e. The second kappa shape index (κ2) is 6.94. The molecule has 1 aromatic heterocycles. The zero-order valence-electron chi connectivity index (χ0n) is 14.6. The highest BCUT2D eigenvalue weighted by atomic mass is 32.2. The number of hydrogen-bond acceptors (Lipinski definition) is 5. The monoisotopic (exact) mass is 360 g/mol. The van der Waals surface area contributed by atoms with Gasteiger partial charge in [0.2, 0.25) is 5.91 Å². The van der Waals surface area contributed by atoms with Gasteiger partial charge in [-0.15, -0.1) is 0 Å². The van der Waals surface area contributed by atoms with E-state index in [1.807, 2.05) is 16.1 Å². The van der Waals surface area contributed by atoms with Crippen molar-refractivity contribution in [3.63, 3.8) is 0 Å². The third-order valence-corrected chi connectivity index (χ3v) is 6.37. The van der Waals surface area contributed by atoms with Crippen LogP contribution in [0.1, 0.15) is 42.5 Å². The van der Waals surface area contributed by atoms with Crippen molar-refractivity contribution in [2.24, 2.45) is 11.8 Å². The fraction of sp³-hybridized carbons (Fsp3) is 0.667. The molecule has 5 rings (SSSR count). The Morgan fingerprint density at radius 1 is 1.08 bits per heavy atom. The fourth-order valence-corrected chi connectivity index (χ4v) is 4.44. The Labute approximate surface area is 152 Å². The van der Waals surface area contributed by atoms with Gasteiger partial charge >= 0.3 is 0 Å². The summed E-state index contributed by atoms with van der Waals surface area (Å²) in [5.74, 6) is 0.928. The van der Waals surface area contributed by atoms with Crippen LogP contribution in [0, 0.1) is 11.8 Å². The van der Waals surface area contributed by atoms with Crippen LogP contribution in [0.3, 0.4) is 0 Å². The van der Waals surface area contributed by atoms with Crippen LogP contribution in [0.2, 0.25) is 0 Å². The second-order valence-electron chi connectivity index (χ2n) is 7.38. The lowest BCUT2D eigenvalue weighted by Crippen LogP contribution is -2.48. The van der Waals surface area contributed by atoms with Crippen molar-refractivity contribution in [2.75, 3.05) is 25.9 Å². The van der Waals surface area contributed by atoms with Gasteiger partial charge in [-0.2, -0.15) is 0 Å². The van der Waals surface area contributed by atoms with Gasteiger partial charge in [-0.1, -0.05) is 18.2 Å². The molecule has 4 fully saturated rings. The molecule has 0 radical (unpaired) electrons. The molecule has 0 aromatic carbocycles. The molecule has 0 unspecified atom stereocenters. The van der Waals surface area contributed by atoms with Gasteiger partial charge in [0.05, 0.1) is 5.56 Å². The zero-order chi connectivity index (χ0) is 17.4. The Bertz CT molecular complexity index is 662. The molecule has 134 valence electrons. The minimum Gasteiger partial charge on any atom is -0.340 e. The number of carbonyl (C=O) groups is 2. The molecule has 7 heteroatoms. The Balaban J connectivity index is 1.49. The molecule has 2 bridgehead atoms. The number of amides is 2. The quantitative estimate of drug-likeness (QED) is 0.610. The van der Waals surface area contributed by atoms with E-state index >= 15 is 0 Å². The number of hydrogen-bond donors (Lipinski definition) is 0. The van der Waals surface area contributed by atoms with Gasteiger partial charge in [0.1, 0.15) is 0 Å². The van der Waals surface area contributed by atoms with Gasteiger partial charge in [0.25, 0.3) is 5.91 Å². The highest BCUT2D eigenvalue weighted by Gasteiger charge is 2.40. The summed E-state index contributed by atoms with van der Waals surface area (Å²) in [6.07, 6.45) is 10.5. The van der Waals surface area contributed by atoms with Crippen molar-refractivity contribution in [2.45, 2.75) is 43.3 Å². The van der Waals surface area contributed by atoms with E-state index in [0.717, 1.165) is 38.8 Å². The third-order valence-electron chi connectivity index (χ3n) is 5.80. The molecule has 2 amide bonds. The van der Waals surface area contributed by atoms with E-state index < -0.39 is 0 Å². The van der Waals surface area contributed by atoms with E-state index in [4.69, 9.17) is 0 Å². The normalized spacial score (nSPS) is 26.3. The minimum absolute atomic E-state index is 0.000274. The number of aromatic nitrogens is 2. The molecule has 6 nitrogen and oxygen atoms in total. The Morgan fingerprint density at radius 2 is 1.84 bits per heavy atom. The van der Waals surface area contributed by atoms with Gasteiger partial charge in [-0.25, -0.2) is 9.97 Å². The van der Waals surface area contributed by atoms with E-state index in [1.165, 1.54) is 18.2 Å². The van der Waals surface area contributed by atoms with Crippen LogP contribution in [0.15, 0.2) is 17.6 Å². The van der Waals surface area contributed by atoms with Crippen molar-refractivity contribution in [3.8, 4) is 0 Å². The van der Waals surface area contributed by atoms with Gasteiger partial charge in [-0.05, 0) is 37.9 Å². The molecular weight excluding hydrogens is 336 g/mol. The van der Waals surface area contributed by atoms with E-state index in [-0.39, 0.29) is 17.9 Å². The number of fused-ring (bicyclic) bond motifs is 4. The first-order chi connectivity index (χ1) is 12.2. The van der Waals surface area contributed by atoms with Crippen LogP contribution < -0.4 is 0 Å². The second-order valence-corrected chi connectivity index (χ2v) is 8.16. The van der Waals surface area contributed by atoms with E-state index in [9.17, 15) is 9.59 Å². The summed E-state index contributed by atoms with van der Waals surface area (Å²) in [7, 11) is 0. The summed E-state index contributed by atoms with van der Waals surface area (Å²) in [5, 5.41) is 0.672. The van der Waals surface area contributed by atoms with E-state index in [1.54, 1.807) is 12.4 Å². The van der Waals surface area contributed by atoms with Gasteiger partial charge < -0.3 is 9.80 Å². The van der Waals surface area contributed by atoms with Crippen LogP contribution in [0.4, 0.5) is 0 Å². The average Bonchev–Trinajstić information content (AvgIpc) is 2.91. The lowest BCUT2D eigenvalue weighted by Gasteiger charge is -2.36. The molecule has 2 atom stereocenters. The summed E-state index contributed by atoms with van der Waals surface area (Å²) in [5.41, 5.74) is 0.544. The van der Waals surface area contributed by atoms with Gasteiger partial charge in [-0.3, -0.25) is 9.59 Å². The number of piperidine rings is 1. The van der Waals surface area contributed by atoms with Crippen molar-refractivity contribution in [3.05, 3.63) is 18.0 Å². The first kappa shape index (κ1) is 16.8. The molecule has 0 spiro atoms. The average molecular weight is 360 g/mol. The summed E-state index contributed by atoms with van der Waals surface area (Å²) in [4.78, 5) is 38.1. The smallest absolute Gasteiger partial charge is 0.257 e. The van der Waals surface area contributed by atoms with Crippen LogP contribution in [-0.2, 0) is 4.79 Å². The summed E-state index contributed by atoms with van der Waals surface area (Å²) in [6.45, 7) is 2.22. The Hall–Kier alpha value is -1.63. The maximum absolute atomic E-state index is 13.0. The Morgan fingerprint density at radius 3 is 2.48 bits per heavy atom. The molecule has 1 aliphatic carbocycles. The molecule has 3 aliphatic heterocycles. The van der Waals surface area contributed by atoms with Crippen LogP contribution in [0.5, 0.6) is 0 Å². The zero-order valence-corrected chi connectivity index (χ0v) is 15.4. The minimum atomic E-state index is 0.000274. The van der Waals surface area contributed by atoms with Crippen LogP contribution >= 0.6 is 11.8 Å². The van der Waals surface area contributed by atoms with Crippen molar-refractivity contribution < 1.29 is 9.59 Å². The number of rotatable bonds is 3. The molecule has 1 saturated carbocycles. The topological polar surface area (TPSA) is 66.4 Å². The predicted octanol–water partition coefficient (Wildman–Crippen LogP) is 2.06. The predicted molar refractivity (Wildman–Crippen MR) is 95.3 cm³/mol. The molecule has 4 heterocycles. The molecule has 4 aliphatic rings. The van der Waals surface area contributed by atoms with Crippen molar-refractivity contribution >= 4 is 23.6 Å². The highest BCUT2D eigenvalue weighted by molar-refractivity contribution is 7.98. The van der Waals surface area contributed by atoms with Crippen molar-refractivity contribution in [1.82, 2.24) is 19.8 Å².